The van der Waals surface area contributed by atoms with Crippen molar-refractivity contribution in [3.8, 4) is 0 Å². The van der Waals surface area contributed by atoms with Gasteiger partial charge in [-0.05, 0) is 12.8 Å². The third-order valence-corrected chi connectivity index (χ3v) is 2.72. The number of hydrazine groups is 1. The van der Waals surface area contributed by atoms with Crippen LogP contribution in [0.25, 0.3) is 0 Å². The number of unbranched alkanes of at least 4 members (excludes halogenated alkanes) is 6. The second-order valence-corrected chi connectivity index (χ2v) is 4.09. The molecule has 86 valence electrons. The number of allylic oxidation sites excluding steroid dienone is 1. The topological polar surface area (TPSA) is 41.1 Å². The first kappa shape index (κ1) is 12.2. The normalized spacial score (nSPS) is 18.5. The Morgan fingerprint density at radius 3 is 2.60 bits per heavy atom. The van der Waals surface area contributed by atoms with E-state index in [1.807, 2.05) is 0 Å². The molecule has 0 saturated carbocycles. The van der Waals surface area contributed by atoms with Crippen LogP contribution < -0.4 is 10.9 Å². The summed E-state index contributed by atoms with van der Waals surface area (Å²) in [5.41, 5.74) is 6.30. The summed E-state index contributed by atoms with van der Waals surface area (Å²) < 4.78 is 0. The van der Waals surface area contributed by atoms with Crippen LogP contribution >= 0.6 is 0 Å². The lowest BCUT2D eigenvalue weighted by atomic mass is 10.1. The third-order valence-electron chi connectivity index (χ3n) is 2.72. The van der Waals surface area contributed by atoms with Gasteiger partial charge in [-0.3, -0.25) is 10.2 Å². The average Bonchev–Trinajstić information content (AvgIpc) is 2.63. The molecular weight excluding hydrogens is 188 g/mol. The van der Waals surface area contributed by atoms with Crippen LogP contribution in [0, 0.1) is 0 Å². The number of hydrogen-bond acceptors (Lipinski definition) is 2. The standard InChI is InChI=1S/C12H22N2O/c1-2-3-4-5-6-7-8-9-11-10-13-14-12(11)15/h9,13H,2-8,10H2,1H3,(H,14,15)/b11-9-. The molecule has 0 aromatic carbocycles. The fourth-order valence-corrected chi connectivity index (χ4v) is 1.75. The van der Waals surface area contributed by atoms with Crippen molar-refractivity contribution in [1.82, 2.24) is 10.9 Å². The Hall–Kier alpha value is -0.830. The maximum absolute atomic E-state index is 11.1. The van der Waals surface area contributed by atoms with Gasteiger partial charge >= 0.3 is 0 Å². The number of rotatable bonds is 7. The molecule has 1 aliphatic rings. The predicted molar refractivity (Wildman–Crippen MR) is 62.2 cm³/mol. The number of amides is 1. The van der Waals surface area contributed by atoms with E-state index in [0.29, 0.717) is 6.54 Å². The van der Waals surface area contributed by atoms with E-state index in [-0.39, 0.29) is 5.91 Å². The van der Waals surface area contributed by atoms with E-state index in [1.165, 1.54) is 38.5 Å². The number of hydrogen-bond donors (Lipinski definition) is 2. The Kier molecular flexibility index (Phi) is 6.09. The molecule has 0 atom stereocenters. The molecule has 1 fully saturated rings. The van der Waals surface area contributed by atoms with E-state index in [0.717, 1.165) is 12.0 Å². The maximum atomic E-state index is 11.1. The molecule has 0 unspecified atom stereocenters. The summed E-state index contributed by atoms with van der Waals surface area (Å²) in [6, 6.07) is 0. The smallest absolute Gasteiger partial charge is 0.262 e. The molecular formula is C12H22N2O. The van der Waals surface area contributed by atoms with Gasteiger partial charge in [0.25, 0.3) is 5.91 Å². The second kappa shape index (κ2) is 7.46. The first-order valence-corrected chi connectivity index (χ1v) is 6.07. The van der Waals surface area contributed by atoms with Crippen molar-refractivity contribution in [2.75, 3.05) is 6.54 Å². The highest BCUT2D eigenvalue weighted by Gasteiger charge is 2.14. The molecule has 1 heterocycles. The predicted octanol–water partition coefficient (Wildman–Crippen LogP) is 2.30. The summed E-state index contributed by atoms with van der Waals surface area (Å²) in [4.78, 5) is 11.1. The minimum absolute atomic E-state index is 0.0426. The van der Waals surface area contributed by atoms with Crippen molar-refractivity contribution in [2.24, 2.45) is 0 Å². The van der Waals surface area contributed by atoms with E-state index < -0.39 is 0 Å². The SMILES string of the molecule is CCCCCCCC/C=C1/CNNC1=O. The lowest BCUT2D eigenvalue weighted by molar-refractivity contribution is -0.116. The van der Waals surface area contributed by atoms with Crippen LogP contribution in [0.4, 0.5) is 0 Å². The highest BCUT2D eigenvalue weighted by Crippen LogP contribution is 2.09. The largest absolute Gasteiger partial charge is 0.287 e. The zero-order valence-electron chi connectivity index (χ0n) is 9.64. The van der Waals surface area contributed by atoms with E-state index >= 15 is 0 Å². The molecule has 1 saturated heterocycles. The lowest BCUT2D eigenvalue weighted by Gasteiger charge is -1.98. The van der Waals surface area contributed by atoms with Gasteiger partial charge in [-0.1, -0.05) is 45.1 Å². The van der Waals surface area contributed by atoms with Crippen molar-refractivity contribution in [1.29, 1.82) is 0 Å². The highest BCUT2D eigenvalue weighted by molar-refractivity contribution is 5.95. The fraction of sp³-hybridized carbons (Fsp3) is 0.750. The monoisotopic (exact) mass is 210 g/mol. The second-order valence-electron chi connectivity index (χ2n) is 4.09. The quantitative estimate of drug-likeness (QED) is 0.500. The van der Waals surface area contributed by atoms with Gasteiger partial charge in [-0.25, -0.2) is 5.43 Å². The van der Waals surface area contributed by atoms with Crippen molar-refractivity contribution in [3.63, 3.8) is 0 Å². The van der Waals surface area contributed by atoms with Gasteiger partial charge in [-0.15, -0.1) is 0 Å². The van der Waals surface area contributed by atoms with Gasteiger partial charge in [0.1, 0.15) is 0 Å². The lowest BCUT2D eigenvalue weighted by Crippen LogP contribution is -2.25. The molecule has 0 radical (unpaired) electrons. The van der Waals surface area contributed by atoms with Crippen LogP contribution in [-0.4, -0.2) is 12.5 Å². The minimum atomic E-state index is 0.0426. The minimum Gasteiger partial charge on any atom is -0.287 e. The Bertz CT molecular complexity index is 224. The van der Waals surface area contributed by atoms with Gasteiger partial charge in [0.05, 0.1) is 0 Å². The summed E-state index contributed by atoms with van der Waals surface area (Å²) in [5.74, 6) is 0.0426. The van der Waals surface area contributed by atoms with E-state index in [2.05, 4.69) is 23.9 Å². The molecule has 2 N–H and O–H groups in total. The van der Waals surface area contributed by atoms with Gasteiger partial charge < -0.3 is 0 Å². The molecule has 3 heteroatoms. The van der Waals surface area contributed by atoms with Crippen molar-refractivity contribution in [3.05, 3.63) is 11.6 Å². The molecule has 0 aromatic heterocycles. The van der Waals surface area contributed by atoms with E-state index in [9.17, 15) is 4.79 Å². The Morgan fingerprint density at radius 1 is 1.20 bits per heavy atom. The molecule has 0 bridgehead atoms. The molecule has 0 spiro atoms. The Morgan fingerprint density at radius 2 is 1.93 bits per heavy atom. The fourth-order valence-electron chi connectivity index (χ4n) is 1.75. The summed E-state index contributed by atoms with van der Waals surface area (Å²) >= 11 is 0. The molecule has 0 aliphatic carbocycles. The van der Waals surface area contributed by atoms with Crippen LogP contribution in [0.15, 0.2) is 11.6 Å². The average molecular weight is 210 g/mol. The van der Waals surface area contributed by atoms with E-state index in [1.54, 1.807) is 0 Å². The van der Waals surface area contributed by atoms with Crippen molar-refractivity contribution in [2.45, 2.75) is 51.9 Å². The first-order chi connectivity index (χ1) is 7.34. The summed E-state index contributed by atoms with van der Waals surface area (Å²) in [6.07, 6.45) is 10.9. The molecule has 3 nitrogen and oxygen atoms in total. The zero-order valence-corrected chi connectivity index (χ0v) is 9.64. The summed E-state index contributed by atoms with van der Waals surface area (Å²) in [6.45, 7) is 2.91. The molecule has 0 aromatic rings. The van der Waals surface area contributed by atoms with Crippen LogP contribution in [0.5, 0.6) is 0 Å². The number of carbonyl (C=O) groups excluding carboxylic acids is 1. The van der Waals surface area contributed by atoms with Gasteiger partial charge in [0.15, 0.2) is 0 Å². The zero-order chi connectivity index (χ0) is 10.9. The van der Waals surface area contributed by atoms with Crippen LogP contribution in [0.1, 0.15) is 51.9 Å². The Labute approximate surface area is 92.3 Å². The summed E-state index contributed by atoms with van der Waals surface area (Å²) in [7, 11) is 0. The van der Waals surface area contributed by atoms with Crippen LogP contribution in [0.2, 0.25) is 0 Å². The molecule has 1 amide bonds. The van der Waals surface area contributed by atoms with Gasteiger partial charge in [0, 0.05) is 12.1 Å². The summed E-state index contributed by atoms with van der Waals surface area (Å²) in [5, 5.41) is 0. The highest BCUT2D eigenvalue weighted by atomic mass is 16.2. The van der Waals surface area contributed by atoms with Crippen molar-refractivity contribution < 1.29 is 4.79 Å². The van der Waals surface area contributed by atoms with Crippen LogP contribution in [-0.2, 0) is 4.79 Å². The number of nitrogens with one attached hydrogen (secondary N) is 2. The molecule has 15 heavy (non-hydrogen) atoms. The van der Waals surface area contributed by atoms with E-state index in [4.69, 9.17) is 0 Å². The number of carbonyl (C=O) groups is 1. The first-order valence-electron chi connectivity index (χ1n) is 6.07. The third kappa shape index (κ3) is 4.98. The molecule has 1 aliphatic heterocycles. The van der Waals surface area contributed by atoms with Crippen molar-refractivity contribution >= 4 is 5.91 Å². The maximum Gasteiger partial charge on any atom is 0.262 e. The van der Waals surface area contributed by atoms with Gasteiger partial charge in [-0.2, -0.15) is 0 Å². The molecule has 1 rings (SSSR count). The Balaban J connectivity index is 1.98. The van der Waals surface area contributed by atoms with Gasteiger partial charge in [0.2, 0.25) is 0 Å². The van der Waals surface area contributed by atoms with Crippen LogP contribution in [0.3, 0.4) is 0 Å².